The van der Waals surface area contributed by atoms with Crippen LogP contribution in [0.15, 0.2) is 24.4 Å². The van der Waals surface area contributed by atoms with Crippen molar-refractivity contribution in [2.45, 2.75) is 6.92 Å². The summed E-state index contributed by atoms with van der Waals surface area (Å²) in [6, 6.07) is 3.35. The number of hydrogen-bond donors (Lipinski definition) is 0. The molecule has 58 valence electrons. The van der Waals surface area contributed by atoms with E-state index in [1.54, 1.807) is 12.1 Å². The highest BCUT2D eigenvalue weighted by atomic mass is 19.3. The molecule has 0 atom stereocenters. The van der Waals surface area contributed by atoms with Gasteiger partial charge >= 0.3 is 0 Å². The molecule has 0 unspecified atom stereocenters. The van der Waals surface area contributed by atoms with Gasteiger partial charge in [0.2, 0.25) is 0 Å². The van der Waals surface area contributed by atoms with Gasteiger partial charge in [0.25, 0.3) is 6.08 Å². The minimum atomic E-state index is -1.72. The first-order valence-electron chi connectivity index (χ1n) is 3.14. The van der Waals surface area contributed by atoms with Crippen molar-refractivity contribution in [3.8, 4) is 0 Å². The second-order valence-electron chi connectivity index (χ2n) is 2.19. The summed E-state index contributed by atoms with van der Waals surface area (Å²) in [5, 5.41) is 0. The molecular formula is C8H7F2N. The third kappa shape index (κ3) is 2.45. The van der Waals surface area contributed by atoms with Gasteiger partial charge in [-0.2, -0.15) is 8.78 Å². The topological polar surface area (TPSA) is 12.9 Å². The fourth-order valence-corrected chi connectivity index (χ4v) is 0.750. The summed E-state index contributed by atoms with van der Waals surface area (Å²) in [5.74, 6) is 0. The highest BCUT2D eigenvalue weighted by Crippen LogP contribution is 2.07. The van der Waals surface area contributed by atoms with E-state index in [0.29, 0.717) is 5.69 Å². The standard InChI is InChI=1S/C8H7F2N/c1-6-2-3-11-7(4-6)5-8(9)10/h2-5H,1H3. The van der Waals surface area contributed by atoms with Crippen LogP contribution in [0, 0.1) is 6.92 Å². The van der Waals surface area contributed by atoms with Crippen LogP contribution in [0.5, 0.6) is 0 Å². The summed E-state index contributed by atoms with van der Waals surface area (Å²) in [4.78, 5) is 3.72. The Morgan fingerprint density at radius 3 is 2.82 bits per heavy atom. The Labute approximate surface area is 63.4 Å². The summed E-state index contributed by atoms with van der Waals surface area (Å²) in [6.45, 7) is 1.83. The first-order valence-corrected chi connectivity index (χ1v) is 3.14. The van der Waals surface area contributed by atoms with Crippen molar-refractivity contribution < 1.29 is 8.78 Å². The number of halogens is 2. The lowest BCUT2D eigenvalue weighted by Crippen LogP contribution is -1.80. The Hall–Kier alpha value is -1.25. The smallest absolute Gasteiger partial charge is 0.257 e. The van der Waals surface area contributed by atoms with Gasteiger partial charge in [0, 0.05) is 12.3 Å². The Morgan fingerprint density at radius 1 is 1.55 bits per heavy atom. The lowest BCUT2D eigenvalue weighted by atomic mass is 10.2. The molecule has 0 bridgehead atoms. The number of aromatic nitrogens is 1. The van der Waals surface area contributed by atoms with Crippen LogP contribution < -0.4 is 0 Å². The molecule has 0 saturated heterocycles. The summed E-state index contributed by atoms with van der Waals surface area (Å²) >= 11 is 0. The van der Waals surface area contributed by atoms with Gasteiger partial charge in [0.1, 0.15) is 0 Å². The van der Waals surface area contributed by atoms with Crippen LogP contribution in [0.4, 0.5) is 8.78 Å². The average Bonchev–Trinajstić information content (AvgIpc) is 1.85. The molecule has 1 heterocycles. The SMILES string of the molecule is Cc1ccnc(C=C(F)F)c1. The summed E-state index contributed by atoms with van der Waals surface area (Å²) in [5.41, 5.74) is 1.22. The number of rotatable bonds is 1. The molecule has 0 aromatic carbocycles. The fraction of sp³-hybridized carbons (Fsp3) is 0.125. The van der Waals surface area contributed by atoms with E-state index in [1.165, 1.54) is 6.20 Å². The second-order valence-corrected chi connectivity index (χ2v) is 2.19. The van der Waals surface area contributed by atoms with Crippen molar-refractivity contribution >= 4 is 6.08 Å². The molecule has 0 radical (unpaired) electrons. The molecule has 0 N–H and O–H groups in total. The molecule has 0 aliphatic carbocycles. The van der Waals surface area contributed by atoms with Crippen molar-refractivity contribution in [3.05, 3.63) is 35.7 Å². The van der Waals surface area contributed by atoms with Gasteiger partial charge in [-0.05, 0) is 24.6 Å². The third-order valence-corrected chi connectivity index (χ3v) is 1.19. The van der Waals surface area contributed by atoms with Crippen LogP contribution >= 0.6 is 0 Å². The Bertz CT molecular complexity index is 277. The van der Waals surface area contributed by atoms with Gasteiger partial charge in [0.15, 0.2) is 0 Å². The zero-order chi connectivity index (χ0) is 8.27. The predicted molar refractivity (Wildman–Crippen MR) is 39.2 cm³/mol. The Balaban J connectivity index is 2.97. The van der Waals surface area contributed by atoms with E-state index in [-0.39, 0.29) is 0 Å². The maximum Gasteiger partial charge on any atom is 0.272 e. The minimum Gasteiger partial charge on any atom is -0.257 e. The van der Waals surface area contributed by atoms with E-state index in [9.17, 15) is 8.78 Å². The van der Waals surface area contributed by atoms with Gasteiger partial charge < -0.3 is 0 Å². The van der Waals surface area contributed by atoms with Gasteiger partial charge in [-0.25, -0.2) is 0 Å². The van der Waals surface area contributed by atoms with E-state index in [1.807, 2.05) is 6.92 Å². The number of aryl methyl sites for hydroxylation is 1. The lowest BCUT2D eigenvalue weighted by Gasteiger charge is -1.92. The van der Waals surface area contributed by atoms with Crippen LogP contribution in [0.2, 0.25) is 0 Å². The Kier molecular flexibility index (Phi) is 2.31. The van der Waals surface area contributed by atoms with Crippen molar-refractivity contribution in [3.63, 3.8) is 0 Å². The molecule has 1 nitrogen and oxygen atoms in total. The first-order chi connectivity index (χ1) is 5.18. The maximum absolute atomic E-state index is 11.7. The Morgan fingerprint density at radius 2 is 2.27 bits per heavy atom. The van der Waals surface area contributed by atoms with Crippen LogP contribution in [0.3, 0.4) is 0 Å². The minimum absolute atomic E-state index is 0.296. The van der Waals surface area contributed by atoms with Crippen LogP contribution in [0.1, 0.15) is 11.3 Å². The number of pyridine rings is 1. The third-order valence-electron chi connectivity index (χ3n) is 1.19. The quantitative estimate of drug-likeness (QED) is 0.607. The maximum atomic E-state index is 11.7. The summed E-state index contributed by atoms with van der Waals surface area (Å²) < 4.78 is 23.3. The van der Waals surface area contributed by atoms with Crippen LogP contribution in [-0.2, 0) is 0 Å². The summed E-state index contributed by atoms with van der Waals surface area (Å²) in [7, 11) is 0. The molecule has 0 saturated carbocycles. The van der Waals surface area contributed by atoms with Crippen molar-refractivity contribution in [2.24, 2.45) is 0 Å². The fourth-order valence-electron chi connectivity index (χ4n) is 0.750. The van der Waals surface area contributed by atoms with Crippen LogP contribution in [-0.4, -0.2) is 4.98 Å². The van der Waals surface area contributed by atoms with Gasteiger partial charge in [-0.15, -0.1) is 0 Å². The molecule has 0 fully saturated rings. The van der Waals surface area contributed by atoms with Gasteiger partial charge in [-0.1, -0.05) is 0 Å². The van der Waals surface area contributed by atoms with Crippen LogP contribution in [0.25, 0.3) is 6.08 Å². The average molecular weight is 155 g/mol. The number of nitrogens with zero attached hydrogens (tertiary/aromatic N) is 1. The molecule has 1 rings (SSSR count). The highest BCUT2D eigenvalue weighted by molar-refractivity contribution is 5.45. The molecule has 0 aliphatic heterocycles. The molecule has 11 heavy (non-hydrogen) atoms. The zero-order valence-electron chi connectivity index (χ0n) is 6.01. The van der Waals surface area contributed by atoms with Crippen molar-refractivity contribution in [1.82, 2.24) is 4.98 Å². The largest absolute Gasteiger partial charge is 0.272 e. The molecule has 1 aromatic heterocycles. The molecule has 0 amide bonds. The van der Waals surface area contributed by atoms with Gasteiger partial charge in [-0.3, -0.25) is 4.98 Å². The molecule has 1 aromatic rings. The van der Waals surface area contributed by atoms with E-state index >= 15 is 0 Å². The van der Waals surface area contributed by atoms with E-state index in [4.69, 9.17) is 0 Å². The van der Waals surface area contributed by atoms with Gasteiger partial charge in [0.05, 0.1) is 5.69 Å². The molecule has 3 heteroatoms. The van der Waals surface area contributed by atoms with Crippen molar-refractivity contribution in [1.29, 1.82) is 0 Å². The normalized spacial score (nSPS) is 9.36. The summed E-state index contributed by atoms with van der Waals surface area (Å²) in [6.07, 6.45) is 0.528. The monoisotopic (exact) mass is 155 g/mol. The zero-order valence-corrected chi connectivity index (χ0v) is 6.01. The molecule has 0 aliphatic rings. The van der Waals surface area contributed by atoms with E-state index < -0.39 is 6.08 Å². The second kappa shape index (κ2) is 3.23. The lowest BCUT2D eigenvalue weighted by molar-refractivity contribution is 0.429. The van der Waals surface area contributed by atoms with E-state index in [2.05, 4.69) is 4.98 Å². The predicted octanol–water partition coefficient (Wildman–Crippen LogP) is 2.63. The molecule has 0 spiro atoms. The first kappa shape index (κ1) is 7.85. The van der Waals surface area contributed by atoms with E-state index in [0.717, 1.165) is 11.6 Å². The van der Waals surface area contributed by atoms with Crippen molar-refractivity contribution in [2.75, 3.05) is 0 Å². The number of hydrogen-bond acceptors (Lipinski definition) is 1. The molecular weight excluding hydrogens is 148 g/mol. The highest BCUT2D eigenvalue weighted by Gasteiger charge is 1.92.